The fourth-order valence-corrected chi connectivity index (χ4v) is 6.04. The Morgan fingerprint density at radius 3 is 2.81 bits per heavy atom. The zero-order valence-corrected chi connectivity index (χ0v) is 19.0. The Hall–Kier alpha value is -2.68. The smallest absolute Gasteiger partial charge is 0.180 e. The van der Waals surface area contributed by atoms with E-state index in [1.807, 2.05) is 18.2 Å². The van der Waals surface area contributed by atoms with Gasteiger partial charge in [0, 0.05) is 49.4 Å². The number of nitrogens with two attached hydrogens (primary N) is 1. The van der Waals surface area contributed by atoms with Crippen LogP contribution in [0.5, 0.6) is 0 Å². The second-order valence-electron chi connectivity index (χ2n) is 8.65. The van der Waals surface area contributed by atoms with Gasteiger partial charge in [-0.2, -0.15) is 0 Å². The molecule has 0 aliphatic carbocycles. The van der Waals surface area contributed by atoms with Crippen molar-refractivity contribution in [3.05, 3.63) is 59.7 Å². The van der Waals surface area contributed by atoms with E-state index in [1.54, 1.807) is 12.1 Å². The lowest BCUT2D eigenvalue weighted by molar-refractivity contribution is 0.143. The number of ether oxygens (including phenoxy) is 1. The van der Waals surface area contributed by atoms with Gasteiger partial charge < -0.3 is 20.3 Å². The summed E-state index contributed by atoms with van der Waals surface area (Å²) in [6.07, 6.45) is 0. The van der Waals surface area contributed by atoms with Crippen LogP contribution in [0, 0.1) is 6.92 Å². The third-order valence-electron chi connectivity index (χ3n) is 6.18. The van der Waals surface area contributed by atoms with Gasteiger partial charge in [0.15, 0.2) is 9.84 Å². The van der Waals surface area contributed by atoms with Gasteiger partial charge in [-0.15, -0.1) is 0 Å². The number of pyridine rings is 1. The molecule has 7 nitrogen and oxygen atoms in total. The van der Waals surface area contributed by atoms with Crippen LogP contribution in [0.15, 0.2) is 53.4 Å². The Morgan fingerprint density at radius 2 is 1.94 bits per heavy atom. The Morgan fingerprint density at radius 1 is 1.09 bits per heavy atom. The average Bonchev–Trinajstić information content (AvgIpc) is 3.07. The summed E-state index contributed by atoms with van der Waals surface area (Å²) in [7, 11) is -3.32. The van der Waals surface area contributed by atoms with Crippen LogP contribution < -0.4 is 15.5 Å². The number of aryl methyl sites for hydroxylation is 1. The molecule has 1 unspecified atom stereocenters. The number of anilines is 2. The van der Waals surface area contributed by atoms with Crippen LogP contribution in [-0.2, 0) is 21.1 Å². The summed E-state index contributed by atoms with van der Waals surface area (Å²) >= 11 is 0. The molecule has 5 rings (SSSR count). The largest absolute Gasteiger partial charge is 0.378 e. The molecule has 168 valence electrons. The number of sulfone groups is 1. The fraction of sp³-hybridized carbons (Fsp3) is 0.375. The van der Waals surface area contributed by atoms with Crippen molar-refractivity contribution in [1.29, 1.82) is 0 Å². The molecule has 3 heterocycles. The van der Waals surface area contributed by atoms with Gasteiger partial charge in [-0.05, 0) is 30.7 Å². The highest BCUT2D eigenvalue weighted by Gasteiger charge is 2.27. The predicted octanol–water partition coefficient (Wildman–Crippen LogP) is 2.50. The number of hydrogen-bond donors (Lipinski definition) is 1. The Balaban J connectivity index is 1.61. The molecular weight excluding hydrogens is 424 g/mol. The van der Waals surface area contributed by atoms with E-state index in [9.17, 15) is 8.42 Å². The van der Waals surface area contributed by atoms with Crippen molar-refractivity contribution in [2.45, 2.75) is 24.4 Å². The highest BCUT2D eigenvalue weighted by Crippen LogP contribution is 2.33. The van der Waals surface area contributed by atoms with Crippen LogP contribution in [0.4, 0.5) is 11.5 Å². The van der Waals surface area contributed by atoms with Gasteiger partial charge in [-0.25, -0.2) is 13.4 Å². The van der Waals surface area contributed by atoms with Gasteiger partial charge in [0.2, 0.25) is 0 Å². The lowest BCUT2D eigenvalue weighted by atomic mass is 10.1. The van der Waals surface area contributed by atoms with Crippen LogP contribution in [0.25, 0.3) is 10.9 Å². The van der Waals surface area contributed by atoms with Crippen molar-refractivity contribution >= 4 is 32.2 Å². The molecule has 2 aliphatic rings. The summed E-state index contributed by atoms with van der Waals surface area (Å²) in [6, 6.07) is 15.5. The molecule has 3 aromatic rings. The Labute approximate surface area is 188 Å². The molecule has 1 fully saturated rings. The molecule has 0 radical (unpaired) electrons. The summed E-state index contributed by atoms with van der Waals surface area (Å²) in [4.78, 5) is 9.71. The molecule has 1 atom stereocenters. The number of benzene rings is 2. The van der Waals surface area contributed by atoms with E-state index >= 15 is 0 Å². The van der Waals surface area contributed by atoms with Crippen LogP contribution in [-0.4, -0.2) is 58.0 Å². The van der Waals surface area contributed by atoms with Gasteiger partial charge in [-0.1, -0.05) is 29.8 Å². The molecule has 1 saturated heterocycles. The zero-order chi connectivity index (χ0) is 22.3. The van der Waals surface area contributed by atoms with E-state index in [0.717, 1.165) is 34.5 Å². The third kappa shape index (κ3) is 4.05. The number of hydrogen-bond acceptors (Lipinski definition) is 7. The summed E-state index contributed by atoms with van der Waals surface area (Å²) in [6.45, 7) is 5.58. The van der Waals surface area contributed by atoms with Crippen molar-refractivity contribution in [3.63, 3.8) is 0 Å². The molecule has 2 aromatic carbocycles. The fourth-order valence-electron chi connectivity index (χ4n) is 4.55. The van der Waals surface area contributed by atoms with Crippen LogP contribution in [0.1, 0.15) is 11.1 Å². The topological polar surface area (TPSA) is 88.8 Å². The Kier molecular flexibility index (Phi) is 5.53. The van der Waals surface area contributed by atoms with Crippen molar-refractivity contribution in [1.82, 2.24) is 4.98 Å². The van der Waals surface area contributed by atoms with Crippen LogP contribution >= 0.6 is 0 Å². The average molecular weight is 453 g/mol. The van der Waals surface area contributed by atoms with Crippen LogP contribution in [0.3, 0.4) is 0 Å². The van der Waals surface area contributed by atoms with E-state index in [4.69, 9.17) is 15.5 Å². The van der Waals surface area contributed by atoms with E-state index in [-0.39, 0.29) is 11.8 Å². The molecule has 2 aliphatic heterocycles. The highest BCUT2D eigenvalue weighted by molar-refractivity contribution is 7.91. The second-order valence-corrected chi connectivity index (χ2v) is 10.7. The van der Waals surface area contributed by atoms with Crippen molar-refractivity contribution in [3.8, 4) is 0 Å². The van der Waals surface area contributed by atoms with E-state index in [0.29, 0.717) is 37.7 Å². The monoisotopic (exact) mass is 452 g/mol. The van der Waals surface area contributed by atoms with Crippen molar-refractivity contribution < 1.29 is 13.2 Å². The molecule has 2 N–H and O–H groups in total. The normalized spacial score (nSPS) is 21.1. The van der Waals surface area contributed by atoms with Gasteiger partial charge in [-0.3, -0.25) is 0 Å². The standard InChI is InChI=1S/C24H28N4O3S/c1-17-6-7-21-20(12-17)22(27-8-10-31-16-19(25)15-27)13-24(26-21)28-9-11-32(29,30)23-5-3-2-4-18(23)14-28/h2-7,12-13,19H,8-11,14-16,25H2,1H3. The van der Waals surface area contributed by atoms with E-state index in [2.05, 4.69) is 34.9 Å². The van der Waals surface area contributed by atoms with Gasteiger partial charge in [0.05, 0.1) is 29.4 Å². The van der Waals surface area contributed by atoms with Crippen molar-refractivity contribution in [2.24, 2.45) is 5.73 Å². The van der Waals surface area contributed by atoms with Gasteiger partial charge >= 0.3 is 0 Å². The number of nitrogens with zero attached hydrogens (tertiary/aromatic N) is 3. The minimum atomic E-state index is -3.32. The summed E-state index contributed by atoms with van der Waals surface area (Å²) in [5.74, 6) is 0.844. The highest BCUT2D eigenvalue weighted by atomic mass is 32.2. The maximum Gasteiger partial charge on any atom is 0.180 e. The molecule has 32 heavy (non-hydrogen) atoms. The van der Waals surface area contributed by atoms with E-state index in [1.165, 1.54) is 5.56 Å². The van der Waals surface area contributed by atoms with Crippen LogP contribution in [0.2, 0.25) is 0 Å². The molecule has 0 bridgehead atoms. The maximum absolute atomic E-state index is 12.8. The molecule has 0 saturated carbocycles. The second kappa shape index (κ2) is 8.35. The number of rotatable bonds is 2. The first kappa shape index (κ1) is 21.2. The first-order valence-corrected chi connectivity index (χ1v) is 12.6. The van der Waals surface area contributed by atoms with Gasteiger partial charge in [0.25, 0.3) is 0 Å². The lowest BCUT2D eigenvalue weighted by Gasteiger charge is -2.28. The number of aromatic nitrogens is 1. The Bertz CT molecular complexity index is 1260. The first-order chi connectivity index (χ1) is 15.4. The molecule has 8 heteroatoms. The molecule has 1 aromatic heterocycles. The SMILES string of the molecule is Cc1ccc2nc(N3CCS(=O)(=O)c4ccccc4C3)cc(N3CCOCC(N)C3)c2c1. The molecule has 0 spiro atoms. The maximum atomic E-state index is 12.8. The minimum Gasteiger partial charge on any atom is -0.378 e. The lowest BCUT2D eigenvalue weighted by Crippen LogP contribution is -2.38. The minimum absolute atomic E-state index is 0.0649. The van der Waals surface area contributed by atoms with E-state index < -0.39 is 9.84 Å². The molecular formula is C24H28N4O3S. The quantitative estimate of drug-likeness (QED) is 0.639. The van der Waals surface area contributed by atoms with Gasteiger partial charge in [0.1, 0.15) is 5.82 Å². The summed E-state index contributed by atoms with van der Waals surface area (Å²) < 4.78 is 31.3. The first-order valence-electron chi connectivity index (χ1n) is 11.0. The van der Waals surface area contributed by atoms with Crippen molar-refractivity contribution in [2.75, 3.05) is 48.4 Å². The third-order valence-corrected chi connectivity index (χ3v) is 7.97. The molecule has 0 amide bonds. The zero-order valence-electron chi connectivity index (χ0n) is 18.2. The number of fused-ring (bicyclic) bond motifs is 2. The summed E-state index contributed by atoms with van der Waals surface area (Å²) in [5.41, 5.74) is 10.2. The summed E-state index contributed by atoms with van der Waals surface area (Å²) in [5, 5.41) is 1.07. The predicted molar refractivity (Wildman–Crippen MR) is 127 cm³/mol.